The van der Waals surface area contributed by atoms with Crippen molar-refractivity contribution in [2.75, 3.05) is 51.3 Å². The number of halogens is 1. The van der Waals surface area contributed by atoms with Gasteiger partial charge in [-0.2, -0.15) is 0 Å². The van der Waals surface area contributed by atoms with Gasteiger partial charge in [-0.1, -0.05) is 5.46 Å². The number of anilines is 1. The van der Waals surface area contributed by atoms with E-state index < -0.39 is 11.9 Å². The molecule has 1 atom stereocenters. The second-order valence-electron chi connectivity index (χ2n) is 9.01. The third-order valence-electron chi connectivity index (χ3n) is 6.70. The molecule has 1 aromatic carbocycles. The number of morpholine rings is 1. The predicted octanol–water partition coefficient (Wildman–Crippen LogP) is 0.440. The zero-order valence-electron chi connectivity index (χ0n) is 19.0. The lowest BCUT2D eigenvalue weighted by molar-refractivity contribution is -0.110. The number of benzene rings is 1. The summed E-state index contributed by atoms with van der Waals surface area (Å²) < 4.78 is 19.3. The molecule has 2 radical (unpaired) electrons. The zero-order chi connectivity index (χ0) is 24.0. The van der Waals surface area contributed by atoms with Gasteiger partial charge in [0, 0.05) is 61.8 Å². The molecule has 2 amide bonds. The fourth-order valence-corrected chi connectivity index (χ4v) is 4.95. The highest BCUT2D eigenvalue weighted by molar-refractivity contribution is 6.43. The second-order valence-corrected chi connectivity index (χ2v) is 9.01. The Labute approximate surface area is 198 Å². The molecule has 0 aliphatic carbocycles. The van der Waals surface area contributed by atoms with Crippen LogP contribution in [-0.4, -0.2) is 91.6 Å². The quantitative estimate of drug-likeness (QED) is 0.441. The highest BCUT2D eigenvalue weighted by atomic mass is 19.1. The van der Waals surface area contributed by atoms with Gasteiger partial charge in [0.25, 0.3) is 11.8 Å². The average Bonchev–Trinajstić information content (AvgIpc) is 3.28. The Kier molecular flexibility index (Phi) is 6.05. The summed E-state index contributed by atoms with van der Waals surface area (Å²) in [5.74, 6) is -1.05. The number of nitrogens with one attached hydrogen (secondary N) is 2. The number of amides is 2. The molecule has 10 heteroatoms. The smallest absolute Gasteiger partial charge is 0.256 e. The van der Waals surface area contributed by atoms with Crippen LogP contribution in [-0.2, 0) is 16.0 Å². The second kappa shape index (κ2) is 9.01. The van der Waals surface area contributed by atoms with E-state index in [1.165, 1.54) is 12.1 Å². The number of ether oxygens (including phenoxy) is 1. The first-order chi connectivity index (χ1) is 16.3. The molecular weight excluding hydrogens is 438 g/mol. The minimum absolute atomic E-state index is 0.146. The molecule has 3 aliphatic heterocycles. The summed E-state index contributed by atoms with van der Waals surface area (Å²) in [7, 11) is 5.86. The number of hydrogen-bond donors (Lipinski definition) is 3. The number of rotatable bonds is 5. The molecule has 5 rings (SSSR count). The number of hydrogen-bond acceptors (Lipinski definition) is 5. The molecule has 8 nitrogen and oxygen atoms in total. The number of carbonyl (C=O) groups is 2. The number of aromatic nitrogens is 1. The first-order valence-electron chi connectivity index (χ1n) is 11.4. The fourth-order valence-electron chi connectivity index (χ4n) is 4.95. The molecule has 176 valence electrons. The maximum absolute atomic E-state index is 13.9. The maximum atomic E-state index is 13.9. The summed E-state index contributed by atoms with van der Waals surface area (Å²) in [5.41, 5.74) is 3.93. The van der Waals surface area contributed by atoms with Crippen LogP contribution in [0.4, 0.5) is 10.1 Å². The highest BCUT2D eigenvalue weighted by Gasteiger charge is 2.32. The van der Waals surface area contributed by atoms with Crippen LogP contribution in [0.3, 0.4) is 0 Å². The summed E-state index contributed by atoms with van der Waals surface area (Å²) in [6.07, 6.45) is 1.60. The van der Waals surface area contributed by atoms with Crippen molar-refractivity contribution in [1.29, 1.82) is 0 Å². The van der Waals surface area contributed by atoms with Gasteiger partial charge in [0.05, 0.1) is 30.5 Å². The van der Waals surface area contributed by atoms with Crippen molar-refractivity contribution in [3.8, 4) is 0 Å². The summed E-state index contributed by atoms with van der Waals surface area (Å²) in [4.78, 5) is 32.9. The number of β-amino-alcohol motifs (C(OH)–C–C–N with tert-alkyl or cyclic N) is 1. The summed E-state index contributed by atoms with van der Waals surface area (Å²) in [5, 5.41) is 13.3. The van der Waals surface area contributed by atoms with E-state index >= 15 is 0 Å². The van der Waals surface area contributed by atoms with Gasteiger partial charge >= 0.3 is 0 Å². The summed E-state index contributed by atoms with van der Waals surface area (Å²) >= 11 is 0. The highest BCUT2D eigenvalue weighted by Crippen LogP contribution is 2.34. The van der Waals surface area contributed by atoms with Crippen LogP contribution in [0, 0.1) is 12.7 Å². The first-order valence-corrected chi connectivity index (χ1v) is 11.4. The molecule has 2 aromatic rings. The molecule has 34 heavy (non-hydrogen) atoms. The number of H-pyrrole nitrogens is 1. The van der Waals surface area contributed by atoms with E-state index in [4.69, 9.17) is 12.6 Å². The van der Waals surface area contributed by atoms with Crippen LogP contribution in [0.15, 0.2) is 12.1 Å². The van der Waals surface area contributed by atoms with E-state index in [-0.39, 0.29) is 29.4 Å². The minimum atomic E-state index is -0.650. The van der Waals surface area contributed by atoms with Crippen molar-refractivity contribution in [1.82, 2.24) is 14.8 Å². The fraction of sp³-hybridized carbons (Fsp3) is 0.417. The Morgan fingerprint density at radius 1 is 1.24 bits per heavy atom. The predicted molar refractivity (Wildman–Crippen MR) is 127 cm³/mol. The number of aromatic amines is 1. The van der Waals surface area contributed by atoms with Gasteiger partial charge in [0.1, 0.15) is 13.7 Å². The standard InChI is InChI=1S/C24H26BFN4O4/c1-13-20(10-17-16-8-14(26)9-18(25)22(16)28-23(17)32)27-19-2-3-30(24(33)21(13)19)12-15(31)11-29-4-6-34-7-5-29/h8-10,15,27,31H,2-7,11-12H2,1H3,(H,28,32)/b17-10-/t15-/m1/s1. The Morgan fingerprint density at radius 3 is 2.76 bits per heavy atom. The summed E-state index contributed by atoms with van der Waals surface area (Å²) in [6, 6.07) is 2.44. The number of fused-ring (bicyclic) bond motifs is 2. The molecule has 0 bridgehead atoms. The van der Waals surface area contributed by atoms with E-state index in [2.05, 4.69) is 15.2 Å². The van der Waals surface area contributed by atoms with Crippen molar-refractivity contribution >= 4 is 42.5 Å². The minimum Gasteiger partial charge on any atom is -0.390 e. The first kappa shape index (κ1) is 22.8. The number of aliphatic hydroxyl groups excluding tert-OH is 1. The van der Waals surface area contributed by atoms with E-state index in [9.17, 15) is 19.1 Å². The van der Waals surface area contributed by atoms with Gasteiger partial charge in [-0.25, -0.2) is 4.39 Å². The van der Waals surface area contributed by atoms with Crippen LogP contribution in [0.1, 0.15) is 32.9 Å². The van der Waals surface area contributed by atoms with Crippen molar-refractivity contribution in [2.24, 2.45) is 0 Å². The molecular formula is C24H26BFN4O4. The molecule has 0 spiro atoms. The lowest BCUT2D eigenvalue weighted by Gasteiger charge is -2.32. The Hall–Kier alpha value is -2.95. The monoisotopic (exact) mass is 464 g/mol. The van der Waals surface area contributed by atoms with Crippen LogP contribution < -0.4 is 10.8 Å². The summed E-state index contributed by atoms with van der Waals surface area (Å²) in [6.45, 7) is 5.92. The number of nitrogens with zero attached hydrogens (tertiary/aromatic N) is 2. The number of aliphatic hydroxyl groups is 1. The van der Waals surface area contributed by atoms with E-state index in [0.717, 1.165) is 18.8 Å². The molecule has 1 aromatic heterocycles. The van der Waals surface area contributed by atoms with Crippen LogP contribution in [0.5, 0.6) is 0 Å². The Morgan fingerprint density at radius 2 is 2.00 bits per heavy atom. The zero-order valence-corrected chi connectivity index (χ0v) is 19.0. The Bertz CT molecular complexity index is 1190. The topological polar surface area (TPSA) is 97.9 Å². The maximum Gasteiger partial charge on any atom is 0.256 e. The SMILES string of the molecule is [B]c1cc(F)cc2c1NC(=O)/C2=C\c1[nH]c2c(c1C)C(=O)N(C[C@H](O)CN1CCOCC1)CC2. The third-order valence-corrected chi connectivity index (χ3v) is 6.70. The molecule has 1 saturated heterocycles. The van der Waals surface area contributed by atoms with Gasteiger partial charge in [-0.05, 0) is 30.7 Å². The van der Waals surface area contributed by atoms with Crippen molar-refractivity contribution in [3.05, 3.63) is 46.0 Å². The lowest BCUT2D eigenvalue weighted by atomic mass is 9.90. The van der Waals surface area contributed by atoms with E-state index in [1.807, 2.05) is 6.92 Å². The average molecular weight is 464 g/mol. The largest absolute Gasteiger partial charge is 0.390 e. The molecule has 0 saturated carbocycles. The van der Waals surface area contributed by atoms with E-state index in [0.29, 0.717) is 60.8 Å². The molecule has 3 N–H and O–H groups in total. The molecule has 1 fully saturated rings. The van der Waals surface area contributed by atoms with Crippen molar-refractivity contribution < 1.29 is 23.8 Å². The molecule has 3 aliphatic rings. The van der Waals surface area contributed by atoms with Gasteiger partial charge in [0.15, 0.2) is 0 Å². The van der Waals surface area contributed by atoms with Gasteiger partial charge in [-0.3, -0.25) is 14.5 Å². The normalized spacial score (nSPS) is 20.4. The van der Waals surface area contributed by atoms with Gasteiger partial charge in [0.2, 0.25) is 0 Å². The van der Waals surface area contributed by atoms with Gasteiger partial charge < -0.3 is 25.0 Å². The van der Waals surface area contributed by atoms with Crippen LogP contribution in [0.2, 0.25) is 0 Å². The number of carbonyl (C=O) groups excluding carboxylic acids is 2. The molecule has 4 heterocycles. The third kappa shape index (κ3) is 4.17. The molecule has 0 unspecified atom stereocenters. The van der Waals surface area contributed by atoms with E-state index in [1.54, 1.807) is 11.0 Å². The van der Waals surface area contributed by atoms with Crippen LogP contribution >= 0.6 is 0 Å². The Balaban J connectivity index is 1.37. The van der Waals surface area contributed by atoms with Crippen molar-refractivity contribution in [2.45, 2.75) is 19.4 Å². The lowest BCUT2D eigenvalue weighted by Crippen LogP contribution is -2.47. The van der Waals surface area contributed by atoms with Crippen molar-refractivity contribution in [3.63, 3.8) is 0 Å². The van der Waals surface area contributed by atoms with Gasteiger partial charge in [-0.15, -0.1) is 0 Å². The van der Waals surface area contributed by atoms with Crippen LogP contribution in [0.25, 0.3) is 11.6 Å².